The Kier molecular flexibility index (Phi) is 5.39. The number of aliphatic hydroxyl groups excluding tert-OH is 2. The highest BCUT2D eigenvalue weighted by Gasteiger charge is 2.69. The maximum atomic E-state index is 13.9. The predicted octanol–water partition coefficient (Wildman–Crippen LogP) is 3.13. The van der Waals surface area contributed by atoms with E-state index in [1.807, 2.05) is 20.8 Å². The Hall–Kier alpha value is -2.45. The van der Waals surface area contributed by atoms with Crippen LogP contribution in [0.4, 0.5) is 0 Å². The summed E-state index contributed by atoms with van der Waals surface area (Å²) in [4.78, 5) is 39.2. The molecule has 3 fully saturated rings. The third kappa shape index (κ3) is 3.08. The molecule has 190 valence electrons. The number of ether oxygens (including phenoxy) is 2. The molecule has 2 heterocycles. The minimum atomic E-state index is -1.57. The lowest BCUT2D eigenvalue weighted by Gasteiger charge is -2.63. The second kappa shape index (κ2) is 7.77. The Morgan fingerprint density at radius 3 is 2.57 bits per heavy atom. The SMILES string of the molecule is COC(=O)[C@H](O)[C@H]1C(C)(C)[C@H](O)[C@@H]2CC3=C4CC(=O)O[C@@H](c5ccco5)[C@]4(C)CC[C@@H]3[C@@]1(C)C2=O. The molecule has 8 atom stereocenters. The molecule has 0 aromatic carbocycles. The predicted molar refractivity (Wildman–Crippen MR) is 123 cm³/mol. The molecule has 1 saturated heterocycles. The van der Waals surface area contributed by atoms with Gasteiger partial charge in [0.2, 0.25) is 0 Å². The number of cyclic esters (lactones) is 1. The quantitative estimate of drug-likeness (QED) is 0.493. The summed E-state index contributed by atoms with van der Waals surface area (Å²) in [6.07, 6.45) is 0.0819. The van der Waals surface area contributed by atoms with Gasteiger partial charge in [-0.1, -0.05) is 33.3 Å². The maximum absolute atomic E-state index is 13.9. The first kappa shape index (κ1) is 24.3. The van der Waals surface area contributed by atoms with Crippen molar-refractivity contribution in [3.63, 3.8) is 0 Å². The number of carbonyl (C=O) groups is 3. The van der Waals surface area contributed by atoms with Crippen LogP contribution in [0, 0.1) is 34.0 Å². The van der Waals surface area contributed by atoms with Gasteiger partial charge in [-0.05, 0) is 48.3 Å². The van der Waals surface area contributed by atoms with Crippen molar-refractivity contribution in [3.8, 4) is 0 Å². The lowest BCUT2D eigenvalue weighted by atomic mass is 9.40. The fourth-order valence-electron chi connectivity index (χ4n) is 8.13. The molecule has 8 heteroatoms. The number of hydrogen-bond donors (Lipinski definition) is 2. The van der Waals surface area contributed by atoms with Crippen molar-refractivity contribution < 1.29 is 38.5 Å². The van der Waals surface area contributed by atoms with Crippen LogP contribution in [0.3, 0.4) is 0 Å². The van der Waals surface area contributed by atoms with E-state index >= 15 is 0 Å². The molecule has 3 aliphatic carbocycles. The van der Waals surface area contributed by atoms with E-state index in [0.29, 0.717) is 25.0 Å². The molecule has 0 unspecified atom stereocenters. The van der Waals surface area contributed by atoms with Crippen molar-refractivity contribution in [2.24, 2.45) is 34.0 Å². The van der Waals surface area contributed by atoms with Crippen LogP contribution in [0.2, 0.25) is 0 Å². The smallest absolute Gasteiger partial charge is 0.335 e. The molecule has 2 N–H and O–H groups in total. The minimum Gasteiger partial charge on any atom is -0.467 e. The Morgan fingerprint density at radius 1 is 1.23 bits per heavy atom. The lowest BCUT2D eigenvalue weighted by Crippen LogP contribution is -2.68. The standard InChI is InChI=1S/C27H34O8/c1-25(2)20(19(29)24(32)33-5)27(4)15-8-9-26(3)16(13(15)11-14(21(25)30)22(27)31)12-18(28)35-23(26)17-7-6-10-34-17/h6-7,10,14-15,19-21,23,29-30H,8-9,11-12H2,1-5H3/t14-,15-,19+,20-,21+,23-,26+,27+/m0/s1. The average molecular weight is 487 g/mol. The number of hydrogen-bond acceptors (Lipinski definition) is 8. The fourth-order valence-corrected chi connectivity index (χ4v) is 8.13. The van der Waals surface area contributed by atoms with Gasteiger partial charge in [-0.2, -0.15) is 0 Å². The number of aliphatic hydroxyl groups is 2. The minimum absolute atomic E-state index is 0.111. The zero-order chi connectivity index (χ0) is 25.5. The highest BCUT2D eigenvalue weighted by Crippen LogP contribution is 2.67. The average Bonchev–Trinajstić information content (AvgIpc) is 3.34. The first-order chi connectivity index (χ1) is 16.4. The summed E-state index contributed by atoms with van der Waals surface area (Å²) in [5, 5.41) is 22.5. The van der Waals surface area contributed by atoms with E-state index in [0.717, 1.165) is 11.1 Å². The molecule has 35 heavy (non-hydrogen) atoms. The number of furan rings is 1. The van der Waals surface area contributed by atoms with Crippen LogP contribution in [0.25, 0.3) is 0 Å². The zero-order valence-electron chi connectivity index (χ0n) is 20.9. The summed E-state index contributed by atoms with van der Waals surface area (Å²) in [7, 11) is 1.20. The normalized spacial score (nSPS) is 40.9. The first-order valence-corrected chi connectivity index (χ1v) is 12.3. The molecule has 1 aliphatic heterocycles. The van der Waals surface area contributed by atoms with Gasteiger partial charge in [0.05, 0.1) is 25.9 Å². The number of carbonyl (C=O) groups excluding carboxylic acids is 3. The highest BCUT2D eigenvalue weighted by atomic mass is 16.6. The Labute approximate surface area is 204 Å². The van der Waals surface area contributed by atoms with Crippen LogP contribution in [0.5, 0.6) is 0 Å². The van der Waals surface area contributed by atoms with Crippen LogP contribution < -0.4 is 0 Å². The molecule has 2 saturated carbocycles. The van der Waals surface area contributed by atoms with Crippen LogP contribution in [0.1, 0.15) is 65.2 Å². The van der Waals surface area contributed by atoms with E-state index in [4.69, 9.17) is 13.9 Å². The summed E-state index contributed by atoms with van der Waals surface area (Å²) >= 11 is 0. The Bertz CT molecular complexity index is 1100. The molecule has 0 spiro atoms. The fraction of sp³-hybridized carbons (Fsp3) is 0.667. The third-order valence-corrected chi connectivity index (χ3v) is 9.78. The van der Waals surface area contributed by atoms with Crippen LogP contribution in [-0.4, -0.2) is 47.3 Å². The molecule has 0 amide bonds. The van der Waals surface area contributed by atoms with E-state index in [-0.39, 0.29) is 24.1 Å². The second-order valence-corrected chi connectivity index (χ2v) is 11.7. The monoisotopic (exact) mass is 486 g/mol. The van der Waals surface area contributed by atoms with E-state index in [9.17, 15) is 24.6 Å². The molecule has 8 nitrogen and oxygen atoms in total. The van der Waals surface area contributed by atoms with Crippen LogP contribution >= 0.6 is 0 Å². The van der Waals surface area contributed by atoms with E-state index in [1.54, 1.807) is 18.4 Å². The first-order valence-electron chi connectivity index (χ1n) is 12.3. The van der Waals surface area contributed by atoms with Gasteiger partial charge in [-0.15, -0.1) is 0 Å². The molecule has 5 rings (SSSR count). The summed E-state index contributed by atoms with van der Waals surface area (Å²) in [5.74, 6) is -2.53. The van der Waals surface area contributed by atoms with Gasteiger partial charge in [0.25, 0.3) is 0 Å². The van der Waals surface area contributed by atoms with Crippen LogP contribution in [0.15, 0.2) is 34.0 Å². The van der Waals surface area contributed by atoms with Gasteiger partial charge < -0.3 is 24.1 Å². The molecule has 4 aliphatic rings. The van der Waals surface area contributed by atoms with Crippen molar-refractivity contribution >= 4 is 17.7 Å². The van der Waals surface area contributed by atoms with E-state index < -0.39 is 52.4 Å². The summed E-state index contributed by atoms with van der Waals surface area (Å²) in [6.45, 7) is 7.51. The third-order valence-electron chi connectivity index (χ3n) is 9.78. The van der Waals surface area contributed by atoms with E-state index in [2.05, 4.69) is 6.92 Å². The number of ketones is 1. The van der Waals surface area contributed by atoms with Gasteiger partial charge in [0.15, 0.2) is 12.2 Å². The Balaban J connectivity index is 1.69. The van der Waals surface area contributed by atoms with Crippen LogP contribution in [-0.2, 0) is 23.9 Å². The molecular formula is C27H34O8. The topological polar surface area (TPSA) is 123 Å². The second-order valence-electron chi connectivity index (χ2n) is 11.7. The number of methoxy groups -OCH3 is 1. The molecule has 2 bridgehead atoms. The van der Waals surface area contributed by atoms with E-state index in [1.165, 1.54) is 7.11 Å². The van der Waals surface area contributed by atoms with Gasteiger partial charge in [-0.3, -0.25) is 9.59 Å². The number of Topliss-reactive ketones (excluding diaryl/α,β-unsaturated/α-hetero) is 1. The van der Waals surface area contributed by atoms with Gasteiger partial charge in [0, 0.05) is 22.7 Å². The van der Waals surface area contributed by atoms with Crippen molar-refractivity contribution in [1.82, 2.24) is 0 Å². The number of fused-ring (bicyclic) bond motifs is 5. The van der Waals surface area contributed by atoms with Crippen molar-refractivity contribution in [2.45, 2.75) is 71.7 Å². The van der Waals surface area contributed by atoms with Crippen molar-refractivity contribution in [2.75, 3.05) is 7.11 Å². The van der Waals surface area contributed by atoms with Gasteiger partial charge >= 0.3 is 11.9 Å². The number of rotatable bonds is 3. The Morgan fingerprint density at radius 2 is 1.94 bits per heavy atom. The molecule has 0 radical (unpaired) electrons. The molecular weight excluding hydrogens is 452 g/mol. The number of allylic oxidation sites excluding steroid dienone is 1. The summed E-state index contributed by atoms with van der Waals surface area (Å²) in [5.41, 5.74) is -0.617. The van der Waals surface area contributed by atoms with Crippen molar-refractivity contribution in [3.05, 3.63) is 35.3 Å². The zero-order valence-corrected chi connectivity index (χ0v) is 20.9. The summed E-state index contributed by atoms with van der Waals surface area (Å²) in [6, 6.07) is 3.57. The lowest BCUT2D eigenvalue weighted by molar-refractivity contribution is -0.204. The molecule has 1 aromatic heterocycles. The maximum Gasteiger partial charge on any atom is 0.335 e. The van der Waals surface area contributed by atoms with Gasteiger partial charge in [-0.25, -0.2) is 4.79 Å². The van der Waals surface area contributed by atoms with Gasteiger partial charge in [0.1, 0.15) is 11.5 Å². The largest absolute Gasteiger partial charge is 0.467 e. The highest BCUT2D eigenvalue weighted by molar-refractivity contribution is 5.93. The van der Waals surface area contributed by atoms with Crippen molar-refractivity contribution in [1.29, 1.82) is 0 Å². The molecule has 1 aromatic rings. The summed E-state index contributed by atoms with van der Waals surface area (Å²) < 4.78 is 16.3. The number of esters is 2.